The predicted molar refractivity (Wildman–Crippen MR) is 44.9 cm³/mol. The van der Waals surface area contributed by atoms with Crippen LogP contribution in [0.25, 0.3) is 0 Å². The largest absolute Gasteiger partial charge is 0.334 e. The molecule has 0 aromatic carbocycles. The van der Waals surface area contributed by atoms with E-state index in [0.29, 0.717) is 6.54 Å². The van der Waals surface area contributed by atoms with Crippen molar-refractivity contribution in [1.29, 1.82) is 0 Å². The lowest BCUT2D eigenvalue weighted by Crippen LogP contribution is -2.23. The Hall–Kier alpha value is -0.830. The lowest BCUT2D eigenvalue weighted by atomic mass is 10.0. The molecule has 0 saturated heterocycles. The van der Waals surface area contributed by atoms with Crippen molar-refractivity contribution in [2.45, 2.75) is 19.4 Å². The number of hydrogen-bond donors (Lipinski definition) is 0. The lowest BCUT2D eigenvalue weighted by molar-refractivity contribution is -0.115. The third-order valence-corrected chi connectivity index (χ3v) is 2.56. The number of nitrogens with zero attached hydrogens (tertiary/aromatic N) is 2. The first-order valence-electron chi connectivity index (χ1n) is 3.97. The van der Waals surface area contributed by atoms with E-state index in [1.54, 1.807) is 6.20 Å². The molecular weight excluding hydrogens is 176 g/mol. The van der Waals surface area contributed by atoms with Crippen LogP contribution in [0.15, 0.2) is 12.4 Å². The predicted octanol–water partition coefficient (Wildman–Crippen LogP) is 1.21. The van der Waals surface area contributed by atoms with E-state index < -0.39 is 0 Å². The second kappa shape index (κ2) is 2.90. The number of carbonyl (C=O) groups is 1. The molecule has 0 saturated carbocycles. The number of aryl methyl sites for hydroxylation is 1. The number of fused-ring (bicyclic) bond motifs is 1. The zero-order chi connectivity index (χ0) is 8.55. The molecule has 1 aliphatic heterocycles. The van der Waals surface area contributed by atoms with Gasteiger partial charge in [-0.2, -0.15) is 0 Å². The van der Waals surface area contributed by atoms with Crippen molar-refractivity contribution in [1.82, 2.24) is 9.55 Å². The normalized spacial score (nSPS) is 21.9. The molecule has 0 amide bonds. The maximum absolute atomic E-state index is 10.9. The quantitative estimate of drug-likeness (QED) is 0.615. The summed E-state index contributed by atoms with van der Waals surface area (Å²) in [6, 6.07) is 0. The van der Waals surface area contributed by atoms with Crippen LogP contribution in [0.2, 0.25) is 0 Å². The van der Waals surface area contributed by atoms with E-state index in [1.807, 2.05) is 10.8 Å². The highest BCUT2D eigenvalue weighted by atomic mass is 35.5. The lowest BCUT2D eigenvalue weighted by Gasteiger charge is -2.20. The summed E-state index contributed by atoms with van der Waals surface area (Å²) in [4.78, 5) is 15.0. The summed E-state index contributed by atoms with van der Waals surface area (Å²) in [6.07, 6.45) is 5.34. The monoisotopic (exact) mass is 184 g/mol. The summed E-state index contributed by atoms with van der Waals surface area (Å²) in [6.45, 7) is 0.692. The van der Waals surface area contributed by atoms with Crippen LogP contribution in [0.3, 0.4) is 0 Å². The molecule has 1 aromatic heterocycles. The molecule has 1 atom stereocenters. The molecular formula is C8H9ClN2O. The Bertz CT molecular complexity index is 308. The van der Waals surface area contributed by atoms with Crippen LogP contribution in [0.1, 0.15) is 12.2 Å². The zero-order valence-corrected chi connectivity index (χ0v) is 7.29. The average Bonchev–Trinajstić information content (AvgIpc) is 2.49. The fraction of sp³-hybridized carbons (Fsp3) is 0.500. The minimum atomic E-state index is -0.227. The van der Waals surface area contributed by atoms with Gasteiger partial charge in [-0.15, -0.1) is 0 Å². The van der Waals surface area contributed by atoms with Gasteiger partial charge in [-0.3, -0.25) is 4.79 Å². The van der Waals surface area contributed by atoms with Gasteiger partial charge in [0.15, 0.2) is 0 Å². The second-order valence-electron chi connectivity index (χ2n) is 3.04. The molecule has 0 spiro atoms. The average molecular weight is 185 g/mol. The Kier molecular flexibility index (Phi) is 1.89. The molecule has 3 nitrogen and oxygen atoms in total. The third-order valence-electron chi connectivity index (χ3n) is 2.26. The van der Waals surface area contributed by atoms with Gasteiger partial charge in [0, 0.05) is 25.4 Å². The fourth-order valence-corrected chi connectivity index (χ4v) is 1.73. The topological polar surface area (TPSA) is 34.9 Å². The van der Waals surface area contributed by atoms with E-state index in [4.69, 9.17) is 11.6 Å². The van der Waals surface area contributed by atoms with Gasteiger partial charge >= 0.3 is 0 Å². The SMILES string of the molecule is O=C(Cl)C1CCc2nccn2C1. The van der Waals surface area contributed by atoms with Crippen molar-refractivity contribution in [3.05, 3.63) is 18.2 Å². The maximum atomic E-state index is 10.9. The van der Waals surface area contributed by atoms with Gasteiger partial charge in [-0.1, -0.05) is 0 Å². The van der Waals surface area contributed by atoms with Crippen molar-refractivity contribution >= 4 is 16.8 Å². The van der Waals surface area contributed by atoms with Crippen molar-refractivity contribution in [3.63, 3.8) is 0 Å². The third kappa shape index (κ3) is 1.25. The summed E-state index contributed by atoms with van der Waals surface area (Å²) in [5, 5.41) is -0.227. The molecule has 0 bridgehead atoms. The highest BCUT2D eigenvalue weighted by Gasteiger charge is 2.22. The van der Waals surface area contributed by atoms with Crippen molar-refractivity contribution < 1.29 is 4.79 Å². The molecule has 0 N–H and O–H groups in total. The maximum Gasteiger partial charge on any atom is 0.226 e. The molecule has 1 aliphatic rings. The molecule has 4 heteroatoms. The summed E-state index contributed by atoms with van der Waals surface area (Å²) in [5.41, 5.74) is 0. The van der Waals surface area contributed by atoms with Crippen molar-refractivity contribution in [2.75, 3.05) is 0 Å². The molecule has 12 heavy (non-hydrogen) atoms. The minimum absolute atomic E-state index is 0.0200. The molecule has 0 fully saturated rings. The first-order chi connectivity index (χ1) is 5.77. The van der Waals surface area contributed by atoms with E-state index in [0.717, 1.165) is 18.7 Å². The number of halogens is 1. The summed E-state index contributed by atoms with van der Waals surface area (Å²) < 4.78 is 1.99. The number of hydrogen-bond acceptors (Lipinski definition) is 2. The van der Waals surface area contributed by atoms with Crippen LogP contribution < -0.4 is 0 Å². The second-order valence-corrected chi connectivity index (χ2v) is 3.41. The Balaban J connectivity index is 2.20. The first kappa shape index (κ1) is 7.80. The van der Waals surface area contributed by atoms with E-state index >= 15 is 0 Å². The minimum Gasteiger partial charge on any atom is -0.334 e. The molecule has 1 unspecified atom stereocenters. The van der Waals surface area contributed by atoms with Crippen molar-refractivity contribution in [2.24, 2.45) is 5.92 Å². The van der Waals surface area contributed by atoms with Crippen molar-refractivity contribution in [3.8, 4) is 0 Å². The summed E-state index contributed by atoms with van der Waals surface area (Å²) >= 11 is 5.42. The van der Waals surface area contributed by atoms with Gasteiger partial charge in [-0.05, 0) is 18.0 Å². The molecule has 0 aliphatic carbocycles. The van der Waals surface area contributed by atoms with Crippen LogP contribution in [-0.4, -0.2) is 14.8 Å². The van der Waals surface area contributed by atoms with Crippen LogP contribution >= 0.6 is 11.6 Å². The van der Waals surface area contributed by atoms with E-state index in [9.17, 15) is 4.79 Å². The number of aromatic nitrogens is 2. The number of rotatable bonds is 1. The Labute approximate surface area is 75.4 Å². The first-order valence-corrected chi connectivity index (χ1v) is 4.34. The molecule has 64 valence electrons. The standard InChI is InChI=1S/C8H9ClN2O/c9-8(12)6-1-2-7-10-3-4-11(7)5-6/h3-4,6H,1-2,5H2. The van der Waals surface area contributed by atoms with Crippen LogP contribution in [0.4, 0.5) is 0 Å². The molecule has 2 rings (SSSR count). The van der Waals surface area contributed by atoms with Gasteiger partial charge in [0.1, 0.15) is 5.82 Å². The van der Waals surface area contributed by atoms with Gasteiger partial charge in [-0.25, -0.2) is 4.98 Å². The van der Waals surface area contributed by atoms with Gasteiger partial charge in [0.05, 0.1) is 5.92 Å². The Morgan fingerprint density at radius 3 is 3.33 bits per heavy atom. The number of carbonyl (C=O) groups excluding carboxylic acids is 1. The number of imidazole rings is 1. The highest BCUT2D eigenvalue weighted by molar-refractivity contribution is 6.63. The Morgan fingerprint density at radius 1 is 1.75 bits per heavy atom. The van der Waals surface area contributed by atoms with Crippen LogP contribution in [0, 0.1) is 5.92 Å². The smallest absolute Gasteiger partial charge is 0.226 e. The van der Waals surface area contributed by atoms with Gasteiger partial charge in [0.2, 0.25) is 5.24 Å². The van der Waals surface area contributed by atoms with Gasteiger partial charge < -0.3 is 4.57 Å². The highest BCUT2D eigenvalue weighted by Crippen LogP contribution is 2.20. The van der Waals surface area contributed by atoms with Crippen LogP contribution in [0.5, 0.6) is 0 Å². The molecule has 2 heterocycles. The summed E-state index contributed by atoms with van der Waals surface area (Å²) in [7, 11) is 0. The van der Waals surface area contributed by atoms with E-state index in [1.165, 1.54) is 0 Å². The molecule has 1 aromatic rings. The van der Waals surface area contributed by atoms with Crippen LogP contribution in [-0.2, 0) is 17.8 Å². The fourth-order valence-electron chi connectivity index (χ4n) is 1.55. The zero-order valence-electron chi connectivity index (χ0n) is 6.53. The Morgan fingerprint density at radius 2 is 2.58 bits per heavy atom. The molecule has 0 radical (unpaired) electrons. The van der Waals surface area contributed by atoms with E-state index in [-0.39, 0.29) is 11.2 Å². The van der Waals surface area contributed by atoms with E-state index in [2.05, 4.69) is 4.98 Å². The van der Waals surface area contributed by atoms with Gasteiger partial charge in [0.25, 0.3) is 0 Å². The summed E-state index contributed by atoms with van der Waals surface area (Å²) in [5.74, 6) is 1.04.